The summed E-state index contributed by atoms with van der Waals surface area (Å²) in [4.78, 5) is 61.3. The van der Waals surface area contributed by atoms with Crippen molar-refractivity contribution in [2.24, 2.45) is 13.0 Å². The molecule has 2 aromatic carbocycles. The SMILES string of the molecule is Cn1ccc2c(=O)n(CC3(O)CCN(C(=O)[C@@H]4CCN(C(=O)c5ccc6c(c5)C(=O)NCC6)C[C@H]4c4ccccc4)CC3)cnc21. The number of nitrogens with zero attached hydrogens (tertiary/aromatic N) is 5. The average Bonchev–Trinajstić information content (AvgIpc) is 3.46. The second kappa shape index (κ2) is 11.9. The van der Waals surface area contributed by atoms with E-state index in [0.717, 1.165) is 17.5 Å². The molecule has 0 saturated carbocycles. The largest absolute Gasteiger partial charge is 0.388 e. The number of amides is 3. The lowest BCUT2D eigenvalue weighted by molar-refractivity contribution is -0.142. The lowest BCUT2D eigenvalue weighted by Crippen LogP contribution is -2.53. The van der Waals surface area contributed by atoms with Gasteiger partial charge < -0.3 is 24.8 Å². The third-order valence-corrected chi connectivity index (χ3v) is 10.0. The Hall–Kier alpha value is -4.77. The van der Waals surface area contributed by atoms with E-state index in [0.29, 0.717) is 74.1 Å². The summed E-state index contributed by atoms with van der Waals surface area (Å²) in [6, 6.07) is 16.9. The first kappa shape index (κ1) is 29.9. The highest BCUT2D eigenvalue weighted by molar-refractivity contribution is 6.01. The van der Waals surface area contributed by atoms with E-state index in [9.17, 15) is 24.3 Å². The van der Waals surface area contributed by atoms with E-state index in [4.69, 9.17) is 0 Å². The van der Waals surface area contributed by atoms with Gasteiger partial charge in [-0.1, -0.05) is 36.4 Å². The molecule has 0 unspecified atom stereocenters. The zero-order valence-electron chi connectivity index (χ0n) is 25.9. The number of piperidine rings is 2. The summed E-state index contributed by atoms with van der Waals surface area (Å²) in [5, 5.41) is 14.8. The van der Waals surface area contributed by atoms with Crippen molar-refractivity contribution in [2.75, 3.05) is 32.7 Å². The third kappa shape index (κ3) is 5.49. The van der Waals surface area contributed by atoms with Crippen LogP contribution >= 0.6 is 0 Å². The first-order valence-corrected chi connectivity index (χ1v) is 16.0. The van der Waals surface area contributed by atoms with Gasteiger partial charge in [-0.2, -0.15) is 0 Å². The van der Waals surface area contributed by atoms with Crippen molar-refractivity contribution in [3.63, 3.8) is 0 Å². The van der Waals surface area contributed by atoms with Crippen LogP contribution in [0.1, 0.15) is 57.0 Å². The van der Waals surface area contributed by atoms with Gasteiger partial charge in [0.05, 0.1) is 17.5 Å². The van der Waals surface area contributed by atoms with Crippen molar-refractivity contribution < 1.29 is 19.5 Å². The van der Waals surface area contributed by atoms with Gasteiger partial charge in [-0.15, -0.1) is 0 Å². The zero-order valence-corrected chi connectivity index (χ0v) is 25.9. The number of benzene rings is 2. The minimum Gasteiger partial charge on any atom is -0.388 e. The molecule has 238 valence electrons. The second-order valence-electron chi connectivity index (χ2n) is 12.9. The highest BCUT2D eigenvalue weighted by atomic mass is 16.3. The zero-order chi connectivity index (χ0) is 32.0. The van der Waals surface area contributed by atoms with Crippen LogP contribution in [0.2, 0.25) is 0 Å². The number of rotatable bonds is 5. The van der Waals surface area contributed by atoms with E-state index >= 15 is 0 Å². The molecule has 2 saturated heterocycles. The Morgan fingerprint density at radius 3 is 2.59 bits per heavy atom. The van der Waals surface area contributed by atoms with Gasteiger partial charge in [0, 0.05) is 68.9 Å². The summed E-state index contributed by atoms with van der Waals surface area (Å²) < 4.78 is 3.25. The maximum Gasteiger partial charge on any atom is 0.262 e. The van der Waals surface area contributed by atoms with E-state index in [1.165, 1.54) is 10.9 Å². The predicted molar refractivity (Wildman–Crippen MR) is 171 cm³/mol. The number of carbonyl (C=O) groups is 3. The predicted octanol–water partition coefficient (Wildman–Crippen LogP) is 2.32. The van der Waals surface area contributed by atoms with Crippen LogP contribution in [0.15, 0.2) is 71.9 Å². The third-order valence-electron chi connectivity index (χ3n) is 10.0. The lowest BCUT2D eigenvalue weighted by Gasteiger charge is -2.43. The Bertz CT molecular complexity index is 1870. The van der Waals surface area contributed by atoms with Crippen molar-refractivity contribution in [1.29, 1.82) is 0 Å². The Balaban J connectivity index is 1.05. The van der Waals surface area contributed by atoms with E-state index < -0.39 is 5.60 Å². The standard InChI is InChI=1S/C35H38N6O5/c1-38-15-10-27-30(38)37-22-41(34(27)45)21-35(46)12-17-39(18-13-35)33(44)26-11-16-40(20-29(26)23-5-3-2-4-6-23)32(43)25-8-7-24-9-14-36-31(42)28(24)19-25/h2-8,10,15,19,22,26,29,46H,9,11-14,16-18,20-21H2,1H3,(H,36,42)/t26-,29+/m1/s1. The van der Waals surface area contributed by atoms with Crippen molar-refractivity contribution in [3.8, 4) is 0 Å². The summed E-state index contributed by atoms with van der Waals surface area (Å²) in [6.07, 6.45) is 5.22. The molecule has 7 rings (SSSR count). The molecular formula is C35H38N6O5. The Labute approximate surface area is 266 Å². The van der Waals surface area contributed by atoms with Gasteiger partial charge in [-0.3, -0.25) is 23.7 Å². The fraction of sp³-hybridized carbons (Fsp3) is 0.400. The van der Waals surface area contributed by atoms with Crippen molar-refractivity contribution in [1.82, 2.24) is 29.2 Å². The number of fused-ring (bicyclic) bond motifs is 2. The van der Waals surface area contributed by atoms with E-state index in [1.54, 1.807) is 33.9 Å². The summed E-state index contributed by atoms with van der Waals surface area (Å²) in [5.41, 5.74) is 2.25. The maximum atomic E-state index is 14.1. The summed E-state index contributed by atoms with van der Waals surface area (Å²) in [7, 11) is 1.83. The molecule has 4 aromatic rings. The molecule has 2 fully saturated rings. The minimum absolute atomic E-state index is 0.0259. The van der Waals surface area contributed by atoms with Crippen LogP contribution in [0.3, 0.4) is 0 Å². The highest BCUT2D eigenvalue weighted by Crippen LogP contribution is 2.36. The van der Waals surface area contributed by atoms with Crippen molar-refractivity contribution in [2.45, 2.75) is 43.7 Å². The quantitative estimate of drug-likeness (QED) is 0.352. The van der Waals surface area contributed by atoms with Crippen LogP contribution in [0.5, 0.6) is 0 Å². The van der Waals surface area contributed by atoms with Crippen molar-refractivity contribution in [3.05, 3.63) is 99.7 Å². The number of nitrogens with one attached hydrogen (secondary N) is 1. The molecule has 0 radical (unpaired) electrons. The van der Waals surface area contributed by atoms with Gasteiger partial charge in [-0.05, 0) is 55.0 Å². The second-order valence-corrected chi connectivity index (χ2v) is 12.9. The van der Waals surface area contributed by atoms with Crippen molar-refractivity contribution >= 4 is 28.8 Å². The topological polar surface area (TPSA) is 130 Å². The highest BCUT2D eigenvalue weighted by Gasteiger charge is 2.42. The molecule has 3 aliphatic rings. The van der Waals surface area contributed by atoms with Crippen LogP contribution in [0.25, 0.3) is 11.0 Å². The fourth-order valence-electron chi connectivity index (χ4n) is 7.34. The van der Waals surface area contributed by atoms with Gasteiger partial charge in [-0.25, -0.2) is 4.98 Å². The van der Waals surface area contributed by atoms with Crippen LogP contribution < -0.4 is 10.9 Å². The number of hydrogen-bond acceptors (Lipinski definition) is 6. The molecule has 0 aliphatic carbocycles. The Morgan fingerprint density at radius 2 is 1.80 bits per heavy atom. The monoisotopic (exact) mass is 622 g/mol. The van der Waals surface area contributed by atoms with E-state index in [1.807, 2.05) is 48.3 Å². The maximum absolute atomic E-state index is 14.1. The molecule has 0 spiro atoms. The summed E-state index contributed by atoms with van der Waals surface area (Å²) >= 11 is 0. The molecule has 2 N–H and O–H groups in total. The lowest BCUT2D eigenvalue weighted by atomic mass is 9.79. The van der Waals surface area contributed by atoms with Crippen LogP contribution in [0.4, 0.5) is 0 Å². The number of aromatic nitrogens is 3. The normalized spacial score (nSPS) is 21.1. The molecule has 3 aliphatic heterocycles. The number of aliphatic hydroxyl groups is 1. The molecule has 0 bridgehead atoms. The van der Waals surface area contributed by atoms with Crippen LogP contribution in [-0.2, 0) is 24.8 Å². The molecule has 11 nitrogen and oxygen atoms in total. The number of carbonyl (C=O) groups excluding carboxylic acids is 3. The molecule has 2 aromatic heterocycles. The smallest absolute Gasteiger partial charge is 0.262 e. The molecular weight excluding hydrogens is 584 g/mol. The number of aryl methyl sites for hydroxylation is 1. The van der Waals surface area contributed by atoms with E-state index in [-0.39, 0.29) is 41.7 Å². The molecule has 2 atom stereocenters. The average molecular weight is 623 g/mol. The Morgan fingerprint density at radius 1 is 1.02 bits per heavy atom. The fourth-order valence-corrected chi connectivity index (χ4v) is 7.34. The first-order chi connectivity index (χ1) is 22.2. The van der Waals surface area contributed by atoms with Gasteiger partial charge in [0.25, 0.3) is 17.4 Å². The van der Waals surface area contributed by atoms with Gasteiger partial charge in [0.2, 0.25) is 5.91 Å². The van der Waals surface area contributed by atoms with Crippen LogP contribution in [-0.4, -0.2) is 85.1 Å². The minimum atomic E-state index is -1.13. The first-order valence-electron chi connectivity index (χ1n) is 16.0. The van der Waals surface area contributed by atoms with Gasteiger partial charge >= 0.3 is 0 Å². The number of likely N-dealkylation sites (tertiary alicyclic amines) is 2. The molecule has 11 heteroatoms. The molecule has 46 heavy (non-hydrogen) atoms. The Kier molecular flexibility index (Phi) is 7.72. The molecule has 5 heterocycles. The molecule has 3 amide bonds. The summed E-state index contributed by atoms with van der Waals surface area (Å²) in [6.45, 7) is 2.28. The van der Waals surface area contributed by atoms with E-state index in [2.05, 4.69) is 10.3 Å². The van der Waals surface area contributed by atoms with Gasteiger partial charge in [0.1, 0.15) is 12.0 Å². The summed E-state index contributed by atoms with van der Waals surface area (Å²) in [5.74, 6) is -0.793. The van der Waals surface area contributed by atoms with Gasteiger partial charge in [0.15, 0.2) is 0 Å². The van der Waals surface area contributed by atoms with Crippen LogP contribution in [0, 0.1) is 5.92 Å². The number of hydrogen-bond donors (Lipinski definition) is 2.